The van der Waals surface area contributed by atoms with Crippen molar-refractivity contribution in [3.05, 3.63) is 59.9 Å². The van der Waals surface area contributed by atoms with Crippen molar-refractivity contribution in [2.45, 2.75) is 64.7 Å². The number of nitrogens with zero attached hydrogens (tertiary/aromatic N) is 3. The van der Waals surface area contributed by atoms with Crippen LogP contribution >= 0.6 is 0 Å². The van der Waals surface area contributed by atoms with E-state index in [1.165, 1.54) is 6.42 Å². The van der Waals surface area contributed by atoms with Gasteiger partial charge in [0.2, 0.25) is 5.91 Å². The smallest absolute Gasteiger partial charge is 0.291 e. The highest BCUT2D eigenvalue weighted by Crippen LogP contribution is 2.35. The van der Waals surface area contributed by atoms with Gasteiger partial charge in [-0.3, -0.25) is 9.59 Å². The number of carbonyl (C=O) groups excluding carboxylic acids is 2. The van der Waals surface area contributed by atoms with Crippen LogP contribution in [0.4, 0.5) is 0 Å². The summed E-state index contributed by atoms with van der Waals surface area (Å²) in [5.41, 5.74) is 1.39. The topological polar surface area (TPSA) is 76.5 Å². The van der Waals surface area contributed by atoms with E-state index in [2.05, 4.69) is 24.1 Å². The van der Waals surface area contributed by atoms with Crippen LogP contribution in [0.3, 0.4) is 0 Å². The Morgan fingerprint density at radius 2 is 1.89 bits per heavy atom. The van der Waals surface area contributed by atoms with Gasteiger partial charge in [0.1, 0.15) is 11.3 Å². The lowest BCUT2D eigenvalue weighted by Gasteiger charge is -2.45. The quantitative estimate of drug-likeness (QED) is 0.595. The summed E-state index contributed by atoms with van der Waals surface area (Å²) < 4.78 is 7.46. The van der Waals surface area contributed by atoms with Gasteiger partial charge in [0.25, 0.3) is 5.91 Å². The molecule has 35 heavy (non-hydrogen) atoms. The lowest BCUT2D eigenvalue weighted by molar-refractivity contribution is -0.134. The van der Waals surface area contributed by atoms with Crippen LogP contribution in [-0.4, -0.2) is 45.0 Å². The number of para-hydroxylation sites is 3. The molecule has 4 atom stereocenters. The summed E-state index contributed by atoms with van der Waals surface area (Å²) in [5.74, 6) is 1.64. The number of carbonyl (C=O) groups is 2. The van der Waals surface area contributed by atoms with Gasteiger partial charge < -0.3 is 19.5 Å². The monoisotopic (exact) mass is 474 g/mol. The van der Waals surface area contributed by atoms with Crippen LogP contribution < -0.4 is 10.1 Å². The molecule has 0 radical (unpaired) electrons. The minimum atomic E-state index is -1.09. The molecule has 1 aliphatic carbocycles. The minimum absolute atomic E-state index is 0.104. The van der Waals surface area contributed by atoms with Gasteiger partial charge in [-0.15, -0.1) is 0 Å². The van der Waals surface area contributed by atoms with Gasteiger partial charge in [-0.1, -0.05) is 57.0 Å². The Morgan fingerprint density at radius 3 is 2.69 bits per heavy atom. The molecule has 2 heterocycles. The van der Waals surface area contributed by atoms with E-state index in [0.717, 1.165) is 29.4 Å². The molecule has 0 bridgehead atoms. The van der Waals surface area contributed by atoms with Crippen LogP contribution in [0.1, 0.15) is 56.2 Å². The number of benzene rings is 2. The van der Waals surface area contributed by atoms with E-state index in [4.69, 9.17) is 4.74 Å². The third kappa shape index (κ3) is 3.97. The van der Waals surface area contributed by atoms with Crippen molar-refractivity contribution in [3.63, 3.8) is 0 Å². The lowest BCUT2D eigenvalue weighted by atomic mass is 9.77. The fourth-order valence-electron chi connectivity index (χ4n) is 5.69. The first kappa shape index (κ1) is 23.4. The Morgan fingerprint density at radius 1 is 1.14 bits per heavy atom. The van der Waals surface area contributed by atoms with Crippen LogP contribution in [0.2, 0.25) is 0 Å². The number of hydrogen-bond acceptors (Lipinski definition) is 4. The fourth-order valence-corrected chi connectivity index (χ4v) is 5.69. The van der Waals surface area contributed by atoms with E-state index in [1.807, 2.05) is 60.0 Å². The first-order chi connectivity index (χ1) is 16.8. The molecule has 5 rings (SSSR count). The summed E-state index contributed by atoms with van der Waals surface area (Å²) >= 11 is 0. The summed E-state index contributed by atoms with van der Waals surface area (Å²) in [4.78, 5) is 34.3. The average molecular weight is 475 g/mol. The van der Waals surface area contributed by atoms with E-state index in [1.54, 1.807) is 12.0 Å². The Hall–Kier alpha value is -3.35. The molecule has 3 aromatic rings. The second-order valence-corrected chi connectivity index (χ2v) is 10.3. The largest absolute Gasteiger partial charge is 0.496 e. The van der Waals surface area contributed by atoms with E-state index in [-0.39, 0.29) is 24.4 Å². The summed E-state index contributed by atoms with van der Waals surface area (Å²) in [5, 5.41) is 3.35. The van der Waals surface area contributed by atoms with Crippen molar-refractivity contribution >= 4 is 22.8 Å². The van der Waals surface area contributed by atoms with Gasteiger partial charge in [-0.2, -0.15) is 0 Å². The maximum atomic E-state index is 14.0. The first-order valence-electron chi connectivity index (χ1n) is 12.5. The molecule has 1 fully saturated rings. The zero-order valence-electron chi connectivity index (χ0n) is 21.0. The van der Waals surface area contributed by atoms with Gasteiger partial charge in [0.15, 0.2) is 5.82 Å². The molecule has 2 amide bonds. The maximum Gasteiger partial charge on any atom is 0.291 e. The summed E-state index contributed by atoms with van der Waals surface area (Å²) in [7, 11) is 1.62. The highest BCUT2D eigenvalue weighted by molar-refractivity contribution is 6.01. The molecular weight excluding hydrogens is 440 g/mol. The summed E-state index contributed by atoms with van der Waals surface area (Å²) in [6.45, 7) is 6.95. The van der Waals surface area contributed by atoms with Crippen LogP contribution in [0, 0.1) is 11.8 Å². The van der Waals surface area contributed by atoms with Crippen molar-refractivity contribution in [1.29, 1.82) is 0 Å². The Labute approximate surface area is 206 Å². The zero-order chi connectivity index (χ0) is 24.7. The Bertz CT molecular complexity index is 1270. The average Bonchev–Trinajstić information content (AvgIpc) is 3.23. The van der Waals surface area contributed by atoms with E-state index in [9.17, 15) is 9.59 Å². The number of fused-ring (bicyclic) bond motifs is 3. The fraction of sp³-hybridized carbons (Fsp3) is 0.464. The van der Waals surface area contributed by atoms with Crippen LogP contribution in [0.15, 0.2) is 48.5 Å². The van der Waals surface area contributed by atoms with Gasteiger partial charge >= 0.3 is 0 Å². The maximum absolute atomic E-state index is 14.0. The van der Waals surface area contributed by atoms with Gasteiger partial charge in [0, 0.05) is 11.6 Å². The number of nitrogens with one attached hydrogen (secondary N) is 1. The molecule has 184 valence electrons. The van der Waals surface area contributed by atoms with Crippen molar-refractivity contribution < 1.29 is 14.3 Å². The van der Waals surface area contributed by atoms with Crippen molar-refractivity contribution in [1.82, 2.24) is 19.8 Å². The first-order valence-corrected chi connectivity index (χ1v) is 12.5. The zero-order valence-corrected chi connectivity index (χ0v) is 21.0. The molecule has 1 N–H and O–H groups in total. The van der Waals surface area contributed by atoms with Gasteiger partial charge in [0.05, 0.1) is 31.2 Å². The number of methoxy groups -OCH3 is 1. The Kier molecular flexibility index (Phi) is 6.03. The number of imidazole rings is 1. The molecule has 1 saturated carbocycles. The van der Waals surface area contributed by atoms with Crippen LogP contribution in [0.25, 0.3) is 11.0 Å². The van der Waals surface area contributed by atoms with Crippen LogP contribution in [-0.2, 0) is 17.9 Å². The number of amides is 2. The van der Waals surface area contributed by atoms with Gasteiger partial charge in [-0.05, 0) is 43.4 Å². The molecule has 0 spiro atoms. The normalized spacial score (nSPS) is 26.5. The number of aromatic nitrogens is 2. The van der Waals surface area contributed by atoms with E-state index in [0.29, 0.717) is 30.0 Å². The van der Waals surface area contributed by atoms with Gasteiger partial charge in [-0.25, -0.2) is 4.98 Å². The van der Waals surface area contributed by atoms with E-state index < -0.39 is 5.54 Å². The third-order valence-electron chi connectivity index (χ3n) is 8.19. The minimum Gasteiger partial charge on any atom is -0.496 e. The summed E-state index contributed by atoms with van der Waals surface area (Å²) in [6.07, 6.45) is 3.26. The number of rotatable bonds is 5. The van der Waals surface area contributed by atoms with Crippen molar-refractivity contribution in [3.8, 4) is 5.75 Å². The molecule has 0 unspecified atom stereocenters. The van der Waals surface area contributed by atoms with Crippen molar-refractivity contribution in [2.24, 2.45) is 11.8 Å². The lowest BCUT2D eigenvalue weighted by Crippen LogP contribution is -2.65. The standard InChI is InChI=1S/C28H34N4O3/c1-18-10-9-13-21(19(18)2)30-27(34)28(3)17-31-23-14-7-6-12-22(23)29-25(31)26(33)32(28)16-20-11-5-8-15-24(20)35-4/h5-8,11-12,14-15,18-19,21H,9-10,13,16-17H2,1-4H3,(H,30,34)/t18-,19-,21-,28-/m1/s1. The second-order valence-electron chi connectivity index (χ2n) is 10.3. The number of ether oxygens (including phenoxy) is 1. The van der Waals surface area contributed by atoms with Crippen LogP contribution in [0.5, 0.6) is 5.75 Å². The predicted molar refractivity (Wildman–Crippen MR) is 135 cm³/mol. The molecule has 1 aromatic heterocycles. The second kappa shape index (κ2) is 9.02. The molecule has 2 aromatic carbocycles. The molecular formula is C28H34N4O3. The highest BCUT2D eigenvalue weighted by atomic mass is 16.5. The highest BCUT2D eigenvalue weighted by Gasteiger charge is 2.49. The molecule has 7 heteroatoms. The predicted octanol–water partition coefficient (Wildman–Crippen LogP) is 4.40. The number of hydrogen-bond donors (Lipinski definition) is 1. The molecule has 7 nitrogen and oxygen atoms in total. The molecule has 2 aliphatic rings. The molecule has 1 aliphatic heterocycles. The summed E-state index contributed by atoms with van der Waals surface area (Å²) in [6, 6.07) is 15.4. The van der Waals surface area contributed by atoms with Crippen molar-refractivity contribution in [2.75, 3.05) is 7.11 Å². The SMILES string of the molecule is COc1ccccc1CN1C(=O)c2nc3ccccc3n2C[C@]1(C)C(=O)N[C@@H]1CCC[C@@H](C)[C@H]1C. The third-order valence-corrected chi connectivity index (χ3v) is 8.19. The van der Waals surface area contributed by atoms with E-state index >= 15 is 0 Å². The Balaban J connectivity index is 1.56. The molecule has 0 saturated heterocycles.